The van der Waals surface area contributed by atoms with Gasteiger partial charge in [0.1, 0.15) is 17.4 Å². The maximum Gasteiger partial charge on any atom is 0.407 e. The number of amides is 2. The van der Waals surface area contributed by atoms with Gasteiger partial charge in [-0.1, -0.05) is 23.4 Å². The molecule has 158 valence electrons. The summed E-state index contributed by atoms with van der Waals surface area (Å²) in [6.45, 7) is 3.59. The molecule has 31 heavy (non-hydrogen) atoms. The number of nitrogens with zero attached hydrogens (tertiary/aromatic N) is 4. The number of methoxy groups -OCH3 is 1. The van der Waals surface area contributed by atoms with E-state index in [0.29, 0.717) is 28.4 Å². The molecule has 10 nitrogen and oxygen atoms in total. The number of aryl methyl sites for hydroxylation is 1. The molecule has 10 heteroatoms. The van der Waals surface area contributed by atoms with E-state index in [1.807, 2.05) is 37.3 Å². The van der Waals surface area contributed by atoms with Gasteiger partial charge in [-0.3, -0.25) is 9.20 Å². The normalized spacial score (nSPS) is 11.8. The van der Waals surface area contributed by atoms with E-state index in [9.17, 15) is 9.59 Å². The van der Waals surface area contributed by atoms with Gasteiger partial charge < -0.3 is 19.9 Å². The number of hydrogen-bond donors (Lipinski definition) is 2. The molecule has 3 aromatic heterocycles. The quantitative estimate of drug-likeness (QED) is 0.507. The lowest BCUT2D eigenvalue weighted by Gasteiger charge is -2.09. The molecule has 0 bridgehead atoms. The van der Waals surface area contributed by atoms with Crippen molar-refractivity contribution in [3.63, 3.8) is 0 Å². The van der Waals surface area contributed by atoms with E-state index in [4.69, 9.17) is 4.52 Å². The first kappa shape index (κ1) is 20.1. The molecule has 0 radical (unpaired) electrons. The van der Waals surface area contributed by atoms with Crippen molar-refractivity contribution in [2.24, 2.45) is 0 Å². The number of nitrogens with one attached hydrogen (secondary N) is 2. The first-order valence-corrected chi connectivity index (χ1v) is 9.49. The Morgan fingerprint density at radius 2 is 2.06 bits per heavy atom. The van der Waals surface area contributed by atoms with Gasteiger partial charge in [0.05, 0.1) is 13.3 Å². The first-order chi connectivity index (χ1) is 15.0. The highest BCUT2D eigenvalue weighted by Gasteiger charge is 2.19. The number of anilines is 1. The summed E-state index contributed by atoms with van der Waals surface area (Å²) in [5.41, 5.74) is 3.24. The Morgan fingerprint density at radius 3 is 2.87 bits per heavy atom. The van der Waals surface area contributed by atoms with E-state index in [1.165, 1.54) is 13.3 Å². The van der Waals surface area contributed by atoms with Crippen LogP contribution in [0.4, 0.5) is 10.5 Å². The third kappa shape index (κ3) is 4.08. The third-order valence-electron chi connectivity index (χ3n) is 4.73. The van der Waals surface area contributed by atoms with Crippen molar-refractivity contribution in [1.29, 1.82) is 0 Å². The molecule has 4 rings (SSSR count). The van der Waals surface area contributed by atoms with Gasteiger partial charge in [-0.25, -0.2) is 9.78 Å². The molecule has 0 fully saturated rings. The summed E-state index contributed by atoms with van der Waals surface area (Å²) in [6, 6.07) is 10.4. The van der Waals surface area contributed by atoms with Gasteiger partial charge in [0, 0.05) is 17.4 Å². The molecular weight excluding hydrogens is 400 g/mol. The van der Waals surface area contributed by atoms with Crippen LogP contribution in [0.15, 0.2) is 53.3 Å². The average molecular weight is 420 g/mol. The predicted octanol–water partition coefficient (Wildman–Crippen LogP) is 3.36. The second kappa shape index (κ2) is 8.27. The number of hydrogen-bond acceptors (Lipinski definition) is 7. The number of benzene rings is 1. The van der Waals surface area contributed by atoms with Crippen molar-refractivity contribution in [1.82, 2.24) is 24.8 Å². The summed E-state index contributed by atoms with van der Waals surface area (Å²) in [5, 5.41) is 9.46. The van der Waals surface area contributed by atoms with Crippen LogP contribution in [0.5, 0.6) is 0 Å². The first-order valence-electron chi connectivity index (χ1n) is 9.49. The summed E-state index contributed by atoms with van der Waals surface area (Å²) in [4.78, 5) is 32.8. The molecule has 0 aliphatic rings. The molecule has 0 saturated heterocycles. The standard InChI is InChI=1S/C21H20N6O4/c1-12-7-8-14(18-25-20(31-26-18)13(2)23-21(29)30-3)10-15(12)24-19(28)16-11-22-17-6-4-5-9-27(16)17/h4-11,13H,1-3H3,(H,23,29)(H,24,28)/t13-/m0/s1. The minimum atomic E-state index is -0.597. The van der Waals surface area contributed by atoms with Crippen molar-refractivity contribution < 1.29 is 18.8 Å². The fraction of sp³-hybridized carbons (Fsp3) is 0.190. The maximum atomic E-state index is 12.8. The van der Waals surface area contributed by atoms with Crippen LogP contribution in [0.1, 0.15) is 34.9 Å². The summed E-state index contributed by atoms with van der Waals surface area (Å²) in [6.07, 6.45) is 2.72. The second-order valence-electron chi connectivity index (χ2n) is 6.87. The monoisotopic (exact) mass is 420 g/mol. The van der Waals surface area contributed by atoms with Crippen LogP contribution in [-0.2, 0) is 4.74 Å². The van der Waals surface area contributed by atoms with Gasteiger partial charge in [0.15, 0.2) is 0 Å². The Balaban J connectivity index is 1.56. The zero-order valence-electron chi connectivity index (χ0n) is 17.1. The third-order valence-corrected chi connectivity index (χ3v) is 4.73. The fourth-order valence-electron chi connectivity index (χ4n) is 3.01. The lowest BCUT2D eigenvalue weighted by atomic mass is 10.1. The number of rotatable bonds is 5. The Kier molecular flexibility index (Phi) is 5.35. The van der Waals surface area contributed by atoms with Crippen LogP contribution in [0, 0.1) is 6.92 Å². The van der Waals surface area contributed by atoms with E-state index in [1.54, 1.807) is 23.6 Å². The van der Waals surface area contributed by atoms with Gasteiger partial charge in [0.25, 0.3) is 5.91 Å². The Morgan fingerprint density at radius 1 is 1.23 bits per heavy atom. The van der Waals surface area contributed by atoms with Gasteiger partial charge >= 0.3 is 6.09 Å². The van der Waals surface area contributed by atoms with Crippen LogP contribution in [0.25, 0.3) is 17.0 Å². The van der Waals surface area contributed by atoms with Crippen LogP contribution >= 0.6 is 0 Å². The van der Waals surface area contributed by atoms with Gasteiger partial charge in [0.2, 0.25) is 11.7 Å². The number of imidazole rings is 1. The average Bonchev–Trinajstić information content (AvgIpc) is 3.43. The van der Waals surface area contributed by atoms with Crippen molar-refractivity contribution in [3.8, 4) is 11.4 Å². The largest absolute Gasteiger partial charge is 0.453 e. The highest BCUT2D eigenvalue weighted by Crippen LogP contribution is 2.25. The number of alkyl carbamates (subject to hydrolysis) is 1. The smallest absolute Gasteiger partial charge is 0.407 e. The number of carbonyl (C=O) groups excluding carboxylic acids is 2. The van der Waals surface area contributed by atoms with E-state index >= 15 is 0 Å². The molecule has 2 N–H and O–H groups in total. The topological polar surface area (TPSA) is 124 Å². The molecule has 0 aliphatic heterocycles. The Hall–Kier alpha value is -4.21. The van der Waals surface area contributed by atoms with Crippen molar-refractivity contribution in [2.75, 3.05) is 12.4 Å². The Labute approximate surface area is 177 Å². The van der Waals surface area contributed by atoms with Crippen molar-refractivity contribution >= 4 is 23.3 Å². The second-order valence-corrected chi connectivity index (χ2v) is 6.87. The summed E-state index contributed by atoms with van der Waals surface area (Å²) >= 11 is 0. The molecule has 1 aromatic carbocycles. The van der Waals surface area contributed by atoms with Gasteiger partial charge in [-0.2, -0.15) is 4.98 Å². The van der Waals surface area contributed by atoms with Crippen molar-refractivity contribution in [2.45, 2.75) is 19.9 Å². The van der Waals surface area contributed by atoms with E-state index in [-0.39, 0.29) is 11.8 Å². The number of aromatic nitrogens is 4. The van der Waals surface area contributed by atoms with Crippen LogP contribution in [0.2, 0.25) is 0 Å². The minimum absolute atomic E-state index is 0.234. The van der Waals surface area contributed by atoms with Crippen LogP contribution in [-0.4, -0.2) is 38.6 Å². The van der Waals surface area contributed by atoms with Crippen molar-refractivity contribution in [3.05, 3.63) is 65.9 Å². The van der Waals surface area contributed by atoms with Gasteiger partial charge in [-0.15, -0.1) is 0 Å². The molecule has 0 saturated carbocycles. The molecule has 0 unspecified atom stereocenters. The zero-order chi connectivity index (χ0) is 22.0. The molecule has 2 amide bonds. The lowest BCUT2D eigenvalue weighted by molar-refractivity contribution is 0.102. The number of ether oxygens (including phenoxy) is 1. The maximum absolute atomic E-state index is 12.8. The zero-order valence-corrected chi connectivity index (χ0v) is 17.1. The van der Waals surface area contributed by atoms with Crippen LogP contribution < -0.4 is 10.6 Å². The van der Waals surface area contributed by atoms with E-state index < -0.39 is 12.1 Å². The number of pyridine rings is 1. The number of carbonyl (C=O) groups is 2. The summed E-state index contributed by atoms with van der Waals surface area (Å²) in [5.74, 6) is 0.278. The molecule has 0 spiro atoms. The summed E-state index contributed by atoms with van der Waals surface area (Å²) < 4.78 is 11.5. The highest BCUT2D eigenvalue weighted by molar-refractivity contribution is 6.04. The Bertz CT molecular complexity index is 1260. The molecular formula is C21H20N6O4. The van der Waals surface area contributed by atoms with E-state index in [2.05, 4.69) is 30.5 Å². The van der Waals surface area contributed by atoms with E-state index in [0.717, 1.165) is 5.56 Å². The summed E-state index contributed by atoms with van der Waals surface area (Å²) in [7, 11) is 1.27. The number of fused-ring (bicyclic) bond motifs is 1. The SMILES string of the molecule is COC(=O)N[C@@H](C)c1nc(-c2ccc(C)c(NC(=O)c3cnc4ccccn34)c2)no1. The van der Waals surface area contributed by atoms with Gasteiger partial charge in [-0.05, 0) is 37.6 Å². The molecule has 0 aliphatic carbocycles. The minimum Gasteiger partial charge on any atom is -0.453 e. The molecule has 1 atom stereocenters. The predicted molar refractivity (Wildman–Crippen MR) is 112 cm³/mol. The fourth-order valence-corrected chi connectivity index (χ4v) is 3.01. The van der Waals surface area contributed by atoms with Crippen LogP contribution in [0.3, 0.4) is 0 Å². The highest BCUT2D eigenvalue weighted by atomic mass is 16.5. The molecule has 3 heterocycles. The lowest BCUT2D eigenvalue weighted by Crippen LogP contribution is -2.26. The molecule has 4 aromatic rings.